The third kappa shape index (κ3) is 4.31. The van der Waals surface area contributed by atoms with Gasteiger partial charge in [0.2, 0.25) is 0 Å². The number of hydrogen-bond donors (Lipinski definition) is 0. The van der Waals surface area contributed by atoms with Crippen LogP contribution in [0.3, 0.4) is 0 Å². The Morgan fingerprint density at radius 3 is 2.32 bits per heavy atom. The molecule has 1 aliphatic rings. The van der Waals surface area contributed by atoms with Gasteiger partial charge in [0.15, 0.2) is 0 Å². The SMILES string of the molecule is Cc1ncnc(C)c1C(=O)N1CCN(C/C=C/c2ccccc2)CC1. The number of aromatic nitrogens is 2. The molecule has 1 aliphatic heterocycles. The van der Waals surface area contributed by atoms with Gasteiger partial charge in [-0.15, -0.1) is 0 Å². The molecule has 1 amide bonds. The van der Waals surface area contributed by atoms with Gasteiger partial charge >= 0.3 is 0 Å². The highest BCUT2D eigenvalue weighted by Gasteiger charge is 2.24. The molecule has 0 saturated carbocycles. The smallest absolute Gasteiger partial charge is 0.257 e. The van der Waals surface area contributed by atoms with Gasteiger partial charge in [-0.2, -0.15) is 0 Å². The average Bonchev–Trinajstić information content (AvgIpc) is 2.63. The second kappa shape index (κ2) is 8.03. The summed E-state index contributed by atoms with van der Waals surface area (Å²) in [6.45, 7) is 7.90. The molecule has 1 aromatic carbocycles. The molecule has 130 valence electrons. The van der Waals surface area contributed by atoms with Crippen LogP contribution in [0, 0.1) is 13.8 Å². The largest absolute Gasteiger partial charge is 0.336 e. The third-order valence-corrected chi connectivity index (χ3v) is 4.57. The highest BCUT2D eigenvalue weighted by molar-refractivity contribution is 5.96. The molecule has 0 atom stereocenters. The second-order valence-corrected chi connectivity index (χ2v) is 6.33. The van der Waals surface area contributed by atoms with Crippen molar-refractivity contribution in [2.24, 2.45) is 0 Å². The Morgan fingerprint density at radius 1 is 1.04 bits per heavy atom. The summed E-state index contributed by atoms with van der Waals surface area (Å²) in [5.41, 5.74) is 3.38. The molecule has 1 saturated heterocycles. The topological polar surface area (TPSA) is 49.3 Å². The standard InChI is InChI=1S/C20H24N4O/c1-16-19(17(2)22-15-21-16)20(25)24-13-11-23(12-14-24)10-6-9-18-7-4-3-5-8-18/h3-9,15H,10-14H2,1-2H3/b9-6+. The first-order valence-corrected chi connectivity index (χ1v) is 8.66. The molecule has 5 nitrogen and oxygen atoms in total. The van der Waals surface area contributed by atoms with Gasteiger partial charge in [-0.25, -0.2) is 9.97 Å². The summed E-state index contributed by atoms with van der Waals surface area (Å²) in [7, 11) is 0. The molecule has 3 rings (SSSR count). The molecule has 0 radical (unpaired) electrons. The summed E-state index contributed by atoms with van der Waals surface area (Å²) in [4.78, 5) is 25.4. The van der Waals surface area contributed by atoms with Crippen LogP contribution in [0.2, 0.25) is 0 Å². The molecule has 1 fully saturated rings. The summed E-state index contributed by atoms with van der Waals surface area (Å²) in [6, 6.07) is 10.3. The van der Waals surface area contributed by atoms with Crippen molar-refractivity contribution < 1.29 is 4.79 Å². The van der Waals surface area contributed by atoms with Crippen LogP contribution in [0.15, 0.2) is 42.7 Å². The van der Waals surface area contributed by atoms with Crippen molar-refractivity contribution in [2.75, 3.05) is 32.7 Å². The van der Waals surface area contributed by atoms with Crippen molar-refractivity contribution in [1.29, 1.82) is 0 Å². The van der Waals surface area contributed by atoms with Crippen molar-refractivity contribution in [3.63, 3.8) is 0 Å². The van der Waals surface area contributed by atoms with E-state index in [1.807, 2.05) is 36.9 Å². The van der Waals surface area contributed by atoms with E-state index in [1.54, 1.807) is 0 Å². The Hall–Kier alpha value is -2.53. The van der Waals surface area contributed by atoms with Crippen LogP contribution < -0.4 is 0 Å². The number of benzene rings is 1. The number of piperazine rings is 1. The number of amides is 1. The lowest BCUT2D eigenvalue weighted by molar-refractivity contribution is 0.0648. The number of carbonyl (C=O) groups excluding carboxylic acids is 1. The molecule has 2 heterocycles. The first-order valence-electron chi connectivity index (χ1n) is 8.66. The number of carbonyl (C=O) groups is 1. The molecule has 0 bridgehead atoms. The lowest BCUT2D eigenvalue weighted by Crippen LogP contribution is -2.48. The zero-order valence-corrected chi connectivity index (χ0v) is 14.9. The van der Waals surface area contributed by atoms with Crippen LogP contribution in [-0.4, -0.2) is 58.4 Å². The maximum atomic E-state index is 12.8. The highest BCUT2D eigenvalue weighted by Crippen LogP contribution is 2.14. The van der Waals surface area contributed by atoms with Crippen molar-refractivity contribution in [3.8, 4) is 0 Å². The van der Waals surface area contributed by atoms with Gasteiger partial charge in [0, 0.05) is 32.7 Å². The Kier molecular flexibility index (Phi) is 5.56. The summed E-state index contributed by atoms with van der Waals surface area (Å²) in [5.74, 6) is 0.0510. The van der Waals surface area contributed by atoms with Crippen LogP contribution >= 0.6 is 0 Å². The van der Waals surface area contributed by atoms with Gasteiger partial charge < -0.3 is 4.90 Å². The summed E-state index contributed by atoms with van der Waals surface area (Å²) in [5, 5.41) is 0. The molecule has 1 aromatic heterocycles. The summed E-state index contributed by atoms with van der Waals surface area (Å²) in [6.07, 6.45) is 5.84. The molecule has 25 heavy (non-hydrogen) atoms. The van der Waals surface area contributed by atoms with E-state index < -0.39 is 0 Å². The van der Waals surface area contributed by atoms with Crippen LogP contribution in [0.4, 0.5) is 0 Å². The van der Waals surface area contributed by atoms with Gasteiger partial charge in [-0.05, 0) is 19.4 Å². The minimum atomic E-state index is 0.0510. The minimum Gasteiger partial charge on any atom is -0.336 e. The van der Waals surface area contributed by atoms with E-state index in [0.717, 1.165) is 44.1 Å². The number of hydrogen-bond acceptors (Lipinski definition) is 4. The maximum Gasteiger partial charge on any atom is 0.257 e. The first-order chi connectivity index (χ1) is 12.1. The molecule has 2 aromatic rings. The van der Waals surface area contributed by atoms with Crippen molar-refractivity contribution in [2.45, 2.75) is 13.8 Å². The number of aryl methyl sites for hydroxylation is 2. The second-order valence-electron chi connectivity index (χ2n) is 6.33. The zero-order valence-electron chi connectivity index (χ0n) is 14.9. The Labute approximate surface area is 149 Å². The molecule has 5 heteroatoms. The quantitative estimate of drug-likeness (QED) is 0.861. The van der Waals surface area contributed by atoms with Crippen LogP contribution in [0.25, 0.3) is 6.08 Å². The highest BCUT2D eigenvalue weighted by atomic mass is 16.2. The van der Waals surface area contributed by atoms with Crippen LogP contribution in [0.5, 0.6) is 0 Å². The van der Waals surface area contributed by atoms with Gasteiger partial charge in [-0.1, -0.05) is 42.5 Å². The first kappa shape index (κ1) is 17.3. The predicted octanol–water partition coefficient (Wildman–Crippen LogP) is 2.56. The molecule has 0 N–H and O–H groups in total. The maximum absolute atomic E-state index is 12.8. The minimum absolute atomic E-state index is 0.0510. The van der Waals surface area contributed by atoms with E-state index >= 15 is 0 Å². The van der Waals surface area contributed by atoms with E-state index in [0.29, 0.717) is 5.56 Å². The molecule has 0 spiro atoms. The van der Waals surface area contributed by atoms with Gasteiger partial charge in [-0.3, -0.25) is 9.69 Å². The number of rotatable bonds is 4. The van der Waals surface area contributed by atoms with Crippen LogP contribution in [-0.2, 0) is 0 Å². The van der Waals surface area contributed by atoms with E-state index in [-0.39, 0.29) is 5.91 Å². The number of nitrogens with zero attached hydrogens (tertiary/aromatic N) is 4. The van der Waals surface area contributed by atoms with Crippen LogP contribution in [0.1, 0.15) is 27.3 Å². The Morgan fingerprint density at radius 2 is 1.68 bits per heavy atom. The zero-order chi connectivity index (χ0) is 17.6. The van der Waals surface area contributed by atoms with E-state index in [2.05, 4.69) is 39.2 Å². The molecular weight excluding hydrogens is 312 g/mol. The van der Waals surface area contributed by atoms with E-state index in [1.165, 1.54) is 11.9 Å². The average molecular weight is 336 g/mol. The molecular formula is C20H24N4O. The summed E-state index contributed by atoms with van der Waals surface area (Å²) >= 11 is 0. The Bertz CT molecular complexity index is 729. The molecule has 0 aliphatic carbocycles. The normalized spacial score (nSPS) is 15.7. The van der Waals surface area contributed by atoms with Crippen molar-refractivity contribution in [3.05, 3.63) is 65.2 Å². The van der Waals surface area contributed by atoms with Gasteiger partial charge in [0.25, 0.3) is 5.91 Å². The van der Waals surface area contributed by atoms with Crippen molar-refractivity contribution >= 4 is 12.0 Å². The molecule has 0 unspecified atom stereocenters. The van der Waals surface area contributed by atoms with Gasteiger partial charge in [0.1, 0.15) is 6.33 Å². The van der Waals surface area contributed by atoms with Crippen molar-refractivity contribution in [1.82, 2.24) is 19.8 Å². The fraction of sp³-hybridized carbons (Fsp3) is 0.350. The third-order valence-electron chi connectivity index (χ3n) is 4.57. The predicted molar refractivity (Wildman–Crippen MR) is 99.3 cm³/mol. The van der Waals surface area contributed by atoms with E-state index in [9.17, 15) is 4.79 Å². The lowest BCUT2D eigenvalue weighted by Gasteiger charge is -2.34. The van der Waals surface area contributed by atoms with Gasteiger partial charge in [0.05, 0.1) is 17.0 Å². The Balaban J connectivity index is 1.53. The summed E-state index contributed by atoms with van der Waals surface area (Å²) < 4.78 is 0. The fourth-order valence-corrected chi connectivity index (χ4v) is 3.10. The monoisotopic (exact) mass is 336 g/mol. The van der Waals surface area contributed by atoms with E-state index in [4.69, 9.17) is 0 Å². The fourth-order valence-electron chi connectivity index (χ4n) is 3.10. The lowest BCUT2D eigenvalue weighted by atomic mass is 10.1.